The van der Waals surface area contributed by atoms with Crippen LogP contribution < -0.4 is 9.47 Å². The first kappa shape index (κ1) is 17.8. The summed E-state index contributed by atoms with van der Waals surface area (Å²) in [5.74, 6) is 0.405. The molecule has 0 spiro atoms. The van der Waals surface area contributed by atoms with Gasteiger partial charge in [-0.15, -0.1) is 0 Å². The topological polar surface area (TPSA) is 81.1 Å². The zero-order valence-corrected chi connectivity index (χ0v) is 14.9. The third-order valence-corrected chi connectivity index (χ3v) is 5.00. The smallest absolute Gasteiger partial charge is 0.325 e. The molecule has 1 saturated heterocycles. The summed E-state index contributed by atoms with van der Waals surface area (Å²) in [6, 6.07) is 8.53. The number of carbonyl (C=O) groups is 1. The van der Waals surface area contributed by atoms with Crippen LogP contribution in [-0.2, 0) is 16.1 Å². The number of aromatic nitrogens is 1. The molecule has 1 N–H and O–H groups in total. The number of hydrogen-bond donors (Lipinski definition) is 1. The summed E-state index contributed by atoms with van der Waals surface area (Å²) in [4.78, 5) is 18.0. The van der Waals surface area contributed by atoms with Crippen molar-refractivity contribution in [3.05, 3.63) is 53.9 Å². The minimum Gasteiger partial charge on any atom is -0.480 e. The maximum Gasteiger partial charge on any atom is 0.325 e. The normalized spacial score (nSPS) is 18.4. The van der Waals surface area contributed by atoms with Gasteiger partial charge in [-0.1, -0.05) is 12.1 Å². The number of hydrogen-bond acceptors (Lipinski definition) is 6. The first-order chi connectivity index (χ1) is 13.2. The zero-order chi connectivity index (χ0) is 18.6. The van der Waals surface area contributed by atoms with Crippen LogP contribution in [0.1, 0.15) is 30.0 Å². The van der Waals surface area contributed by atoms with Crippen LogP contribution in [0.2, 0.25) is 0 Å². The molecule has 1 aromatic carbocycles. The summed E-state index contributed by atoms with van der Waals surface area (Å²) >= 11 is 0. The van der Waals surface area contributed by atoms with Gasteiger partial charge in [0.05, 0.1) is 12.7 Å². The number of pyridine rings is 1. The molecule has 1 fully saturated rings. The molecule has 3 heterocycles. The molecule has 0 radical (unpaired) electrons. The molecular weight excluding hydrogens is 348 g/mol. The first-order valence-electron chi connectivity index (χ1n) is 9.07. The SMILES string of the molecule is O=C(O)C(c1ccc2c(c1)OCO2)N1CCC(OCc2cccnc2)CC1. The monoisotopic (exact) mass is 370 g/mol. The van der Waals surface area contributed by atoms with Crippen LogP contribution >= 0.6 is 0 Å². The lowest BCUT2D eigenvalue weighted by molar-refractivity contribution is -0.145. The molecule has 4 rings (SSSR count). The maximum atomic E-state index is 11.9. The third-order valence-electron chi connectivity index (χ3n) is 5.00. The number of ether oxygens (including phenoxy) is 3. The van der Waals surface area contributed by atoms with Crippen molar-refractivity contribution < 1.29 is 24.1 Å². The van der Waals surface area contributed by atoms with Crippen LogP contribution in [0, 0.1) is 0 Å². The van der Waals surface area contributed by atoms with Crippen molar-refractivity contribution in [2.24, 2.45) is 0 Å². The van der Waals surface area contributed by atoms with Crippen molar-refractivity contribution in [2.75, 3.05) is 19.9 Å². The number of benzene rings is 1. The fourth-order valence-electron chi connectivity index (χ4n) is 3.59. The molecule has 2 aromatic rings. The van der Waals surface area contributed by atoms with Gasteiger partial charge >= 0.3 is 5.97 Å². The standard InChI is InChI=1S/C20H22N2O5/c23-20(24)19(15-3-4-17-18(10-15)27-13-26-17)22-8-5-16(6-9-22)25-12-14-2-1-7-21-11-14/h1-4,7,10-11,16,19H,5-6,8-9,12-13H2,(H,23,24). The van der Waals surface area contributed by atoms with Gasteiger partial charge < -0.3 is 19.3 Å². The molecule has 0 aliphatic carbocycles. The van der Waals surface area contributed by atoms with Gasteiger partial charge in [0, 0.05) is 25.5 Å². The summed E-state index contributed by atoms with van der Waals surface area (Å²) in [7, 11) is 0. The number of piperidine rings is 1. The molecule has 7 heteroatoms. The predicted molar refractivity (Wildman–Crippen MR) is 96.6 cm³/mol. The Labute approximate surface area is 157 Å². The van der Waals surface area contributed by atoms with Crippen molar-refractivity contribution in [2.45, 2.75) is 31.6 Å². The highest BCUT2D eigenvalue weighted by atomic mass is 16.7. The number of nitrogens with zero attached hydrogens (tertiary/aromatic N) is 2. The van der Waals surface area contributed by atoms with Gasteiger partial charge in [-0.3, -0.25) is 14.7 Å². The Morgan fingerprint density at radius 1 is 1.26 bits per heavy atom. The Hall–Kier alpha value is -2.64. The van der Waals surface area contributed by atoms with Crippen LogP contribution in [0.3, 0.4) is 0 Å². The lowest BCUT2D eigenvalue weighted by atomic mass is 10.00. The lowest BCUT2D eigenvalue weighted by Crippen LogP contribution is -2.42. The molecule has 0 saturated carbocycles. The van der Waals surface area contributed by atoms with Crippen LogP contribution in [0.4, 0.5) is 0 Å². The molecule has 1 aromatic heterocycles. The highest BCUT2D eigenvalue weighted by Crippen LogP contribution is 2.36. The Morgan fingerprint density at radius 3 is 2.81 bits per heavy atom. The number of aliphatic carboxylic acids is 1. The zero-order valence-electron chi connectivity index (χ0n) is 14.9. The largest absolute Gasteiger partial charge is 0.480 e. The summed E-state index contributed by atoms with van der Waals surface area (Å²) in [5, 5.41) is 9.79. The fraction of sp³-hybridized carbons (Fsp3) is 0.400. The van der Waals surface area contributed by atoms with Crippen molar-refractivity contribution >= 4 is 5.97 Å². The fourth-order valence-corrected chi connectivity index (χ4v) is 3.59. The Balaban J connectivity index is 1.37. The second-order valence-electron chi connectivity index (χ2n) is 6.76. The molecule has 1 unspecified atom stereocenters. The van der Waals surface area contributed by atoms with Crippen molar-refractivity contribution in [1.29, 1.82) is 0 Å². The average molecular weight is 370 g/mol. The molecule has 2 aliphatic rings. The van der Waals surface area contributed by atoms with E-state index in [0.717, 1.165) is 18.4 Å². The van der Waals surface area contributed by atoms with E-state index in [1.807, 2.05) is 17.0 Å². The van der Waals surface area contributed by atoms with Crippen molar-refractivity contribution in [1.82, 2.24) is 9.88 Å². The number of carboxylic acids is 1. The third kappa shape index (κ3) is 4.04. The maximum absolute atomic E-state index is 11.9. The summed E-state index contributed by atoms with van der Waals surface area (Å²) in [5.41, 5.74) is 1.75. The van der Waals surface area contributed by atoms with Crippen molar-refractivity contribution in [3.63, 3.8) is 0 Å². The van der Waals surface area contributed by atoms with Gasteiger partial charge in [0.25, 0.3) is 0 Å². The van der Waals surface area contributed by atoms with E-state index in [2.05, 4.69) is 4.98 Å². The lowest BCUT2D eigenvalue weighted by Gasteiger charge is -2.35. The summed E-state index contributed by atoms with van der Waals surface area (Å²) in [6.45, 7) is 2.05. The van der Waals surface area contributed by atoms with Gasteiger partial charge in [0.1, 0.15) is 6.04 Å². The van der Waals surface area contributed by atoms with Gasteiger partial charge in [-0.25, -0.2) is 0 Å². The van der Waals surface area contributed by atoms with Gasteiger partial charge in [0.15, 0.2) is 11.5 Å². The van der Waals surface area contributed by atoms with Crippen molar-refractivity contribution in [3.8, 4) is 11.5 Å². The minimum atomic E-state index is -0.858. The van der Waals surface area contributed by atoms with Gasteiger partial charge in [-0.2, -0.15) is 0 Å². The van der Waals surface area contributed by atoms with Gasteiger partial charge in [0.2, 0.25) is 6.79 Å². The number of rotatable bonds is 6. The highest BCUT2D eigenvalue weighted by Gasteiger charge is 2.32. The van der Waals surface area contributed by atoms with E-state index < -0.39 is 12.0 Å². The number of carboxylic acid groups (broad SMARTS) is 1. The first-order valence-corrected chi connectivity index (χ1v) is 9.07. The quantitative estimate of drug-likeness (QED) is 0.837. The molecule has 0 bridgehead atoms. The van der Waals surface area contributed by atoms with Crippen LogP contribution in [-0.4, -0.2) is 46.9 Å². The number of fused-ring (bicyclic) bond motifs is 1. The summed E-state index contributed by atoms with van der Waals surface area (Å²) in [6.07, 6.45) is 5.27. The number of likely N-dealkylation sites (tertiary alicyclic amines) is 1. The highest BCUT2D eigenvalue weighted by molar-refractivity contribution is 5.76. The van der Waals surface area contributed by atoms with E-state index in [0.29, 0.717) is 36.8 Å². The van der Waals surface area contributed by atoms with E-state index in [4.69, 9.17) is 14.2 Å². The molecular formula is C20H22N2O5. The predicted octanol–water partition coefficient (Wildman–Crippen LogP) is 2.62. The average Bonchev–Trinajstić information content (AvgIpc) is 3.16. The molecule has 2 aliphatic heterocycles. The van der Waals surface area contributed by atoms with Crippen LogP contribution in [0.5, 0.6) is 11.5 Å². The molecule has 142 valence electrons. The molecule has 27 heavy (non-hydrogen) atoms. The van der Waals surface area contributed by atoms with Gasteiger partial charge in [-0.05, 0) is 42.2 Å². The van der Waals surface area contributed by atoms with Crippen LogP contribution in [0.15, 0.2) is 42.7 Å². The van der Waals surface area contributed by atoms with Crippen LogP contribution in [0.25, 0.3) is 0 Å². The Morgan fingerprint density at radius 2 is 2.07 bits per heavy atom. The Kier molecular flexibility index (Phi) is 5.22. The van der Waals surface area contributed by atoms with E-state index in [1.165, 1.54) is 0 Å². The second-order valence-corrected chi connectivity index (χ2v) is 6.76. The second kappa shape index (κ2) is 7.94. The summed E-state index contributed by atoms with van der Waals surface area (Å²) < 4.78 is 16.7. The van der Waals surface area contributed by atoms with E-state index in [-0.39, 0.29) is 12.9 Å². The van der Waals surface area contributed by atoms with E-state index in [1.54, 1.807) is 30.6 Å². The van der Waals surface area contributed by atoms with E-state index in [9.17, 15) is 9.90 Å². The molecule has 7 nitrogen and oxygen atoms in total. The Bertz CT molecular complexity index is 790. The van der Waals surface area contributed by atoms with E-state index >= 15 is 0 Å². The molecule has 1 atom stereocenters. The minimum absolute atomic E-state index is 0.132. The molecule has 0 amide bonds.